The van der Waals surface area contributed by atoms with Crippen molar-refractivity contribution in [2.45, 2.75) is 38.0 Å². The quantitative estimate of drug-likeness (QED) is 0.530. The number of halogens is 2. The summed E-state index contributed by atoms with van der Waals surface area (Å²) < 4.78 is 2.12. The van der Waals surface area contributed by atoms with Crippen molar-refractivity contribution < 1.29 is 0 Å². The van der Waals surface area contributed by atoms with Gasteiger partial charge in [-0.3, -0.25) is 9.36 Å². The summed E-state index contributed by atoms with van der Waals surface area (Å²) in [6.07, 6.45) is 2.30. The molecule has 0 saturated carbocycles. The largest absolute Gasteiger partial charge is 0.302 e. The van der Waals surface area contributed by atoms with E-state index in [4.69, 9.17) is 23.2 Å². The van der Waals surface area contributed by atoms with E-state index in [2.05, 4.69) is 46.5 Å². The molecule has 0 unspecified atom stereocenters. The van der Waals surface area contributed by atoms with Crippen LogP contribution in [-0.2, 0) is 5.41 Å². The first-order valence-corrected chi connectivity index (χ1v) is 11.5. The van der Waals surface area contributed by atoms with E-state index in [1.54, 1.807) is 6.07 Å². The Labute approximate surface area is 186 Å². The molecule has 1 saturated heterocycles. The first-order valence-electron chi connectivity index (χ1n) is 10.6. The second kappa shape index (κ2) is 7.37. The highest BCUT2D eigenvalue weighted by Crippen LogP contribution is 2.44. The van der Waals surface area contributed by atoms with Gasteiger partial charge in [0.15, 0.2) is 0 Å². The van der Waals surface area contributed by atoms with E-state index in [1.807, 2.05) is 12.1 Å². The number of benzene rings is 2. The van der Waals surface area contributed by atoms with E-state index in [9.17, 15) is 4.79 Å². The summed E-state index contributed by atoms with van der Waals surface area (Å²) in [5.41, 5.74) is 3.92. The predicted octanol–water partition coefficient (Wildman–Crippen LogP) is 5.10. The smallest absolute Gasteiger partial charge is 0.282 e. The fraction of sp³-hybridized carbons (Fsp3) is 0.417. The summed E-state index contributed by atoms with van der Waals surface area (Å²) in [4.78, 5) is 19.7. The molecular formula is C24H25Cl2N3O. The van der Waals surface area contributed by atoms with Crippen molar-refractivity contribution in [1.82, 2.24) is 14.5 Å². The first-order chi connectivity index (χ1) is 14.4. The van der Waals surface area contributed by atoms with Crippen molar-refractivity contribution in [3.63, 3.8) is 0 Å². The minimum Gasteiger partial charge on any atom is -0.302 e. The lowest BCUT2D eigenvalue weighted by Crippen LogP contribution is -2.34. The van der Waals surface area contributed by atoms with Gasteiger partial charge in [-0.25, -0.2) is 0 Å². The predicted molar refractivity (Wildman–Crippen MR) is 124 cm³/mol. The summed E-state index contributed by atoms with van der Waals surface area (Å²) in [7, 11) is 0. The average Bonchev–Trinajstić information content (AvgIpc) is 2.96. The Bertz CT molecular complexity index is 1190. The zero-order valence-electron chi connectivity index (χ0n) is 17.3. The Balaban J connectivity index is 1.60. The van der Waals surface area contributed by atoms with Gasteiger partial charge >= 0.3 is 0 Å². The number of piperidine rings is 1. The number of hydrogen-bond donors (Lipinski definition) is 0. The van der Waals surface area contributed by atoms with E-state index in [-0.39, 0.29) is 11.0 Å². The number of nitrogens with zero attached hydrogens (tertiary/aromatic N) is 3. The maximum absolute atomic E-state index is 12.8. The Morgan fingerprint density at radius 1 is 1.17 bits per heavy atom. The van der Waals surface area contributed by atoms with Gasteiger partial charge in [-0.15, -0.1) is 11.6 Å². The van der Waals surface area contributed by atoms with Crippen LogP contribution in [0.5, 0.6) is 0 Å². The summed E-state index contributed by atoms with van der Waals surface area (Å²) in [6, 6.07) is 12.4. The number of alkyl halides is 1. The lowest BCUT2D eigenvalue weighted by molar-refractivity contribution is 0.223. The third-order valence-electron chi connectivity index (χ3n) is 6.82. The Morgan fingerprint density at radius 2 is 1.93 bits per heavy atom. The van der Waals surface area contributed by atoms with Crippen molar-refractivity contribution in [3.05, 3.63) is 68.7 Å². The summed E-state index contributed by atoms with van der Waals surface area (Å²) in [5.74, 6) is 2.03. The van der Waals surface area contributed by atoms with Crippen molar-refractivity contribution in [2.24, 2.45) is 0 Å². The number of aromatic nitrogens is 2. The second-order valence-corrected chi connectivity index (χ2v) is 9.70. The Hall–Kier alpha value is -1.88. The molecule has 1 aromatic heterocycles. The zero-order chi connectivity index (χ0) is 21.0. The molecule has 4 nitrogen and oxygen atoms in total. The molecule has 2 aliphatic rings. The van der Waals surface area contributed by atoms with Gasteiger partial charge in [-0.05, 0) is 75.0 Å². The van der Waals surface area contributed by atoms with Crippen LogP contribution in [0.2, 0.25) is 5.02 Å². The van der Waals surface area contributed by atoms with Crippen LogP contribution in [0.15, 0.2) is 41.2 Å². The fourth-order valence-corrected chi connectivity index (χ4v) is 5.61. The molecule has 0 atom stereocenters. The van der Waals surface area contributed by atoms with Gasteiger partial charge in [0.05, 0.1) is 27.0 Å². The topological polar surface area (TPSA) is 38.1 Å². The fourth-order valence-electron chi connectivity index (χ4n) is 5.12. The molecule has 6 heteroatoms. The molecule has 3 heterocycles. The number of rotatable bonds is 3. The number of hydrogen-bond acceptors (Lipinski definition) is 3. The Kier molecular flexibility index (Phi) is 4.92. The van der Waals surface area contributed by atoms with Gasteiger partial charge in [0.1, 0.15) is 5.82 Å². The SMILES string of the molecule is CC1(C)c2cc(C3CCN(CCCl)CC3)ccc2-n2c1nc(=O)c1c(Cl)cccc12. The molecule has 0 N–H and O–H groups in total. The van der Waals surface area contributed by atoms with Crippen LogP contribution in [0.4, 0.5) is 0 Å². The monoisotopic (exact) mass is 441 g/mol. The van der Waals surface area contributed by atoms with Crippen molar-refractivity contribution in [2.75, 3.05) is 25.5 Å². The van der Waals surface area contributed by atoms with Gasteiger partial charge < -0.3 is 4.90 Å². The van der Waals surface area contributed by atoms with Crippen LogP contribution in [0, 0.1) is 0 Å². The number of likely N-dealkylation sites (tertiary alicyclic amines) is 1. The molecule has 0 bridgehead atoms. The van der Waals surface area contributed by atoms with E-state index >= 15 is 0 Å². The standard InChI is InChI=1S/C24H25Cl2N3O/c1-24(2)17-14-16(15-8-11-28(12-9-15)13-10-25)6-7-19(17)29-20-5-3-4-18(26)21(20)22(30)27-23(24)29/h3-7,14-15H,8-13H2,1-2H3. The lowest BCUT2D eigenvalue weighted by atomic mass is 9.81. The van der Waals surface area contributed by atoms with Crippen LogP contribution in [-0.4, -0.2) is 40.0 Å². The van der Waals surface area contributed by atoms with Gasteiger partial charge in [-0.1, -0.05) is 29.8 Å². The van der Waals surface area contributed by atoms with E-state index in [0.717, 1.165) is 49.5 Å². The molecule has 0 radical (unpaired) electrons. The average molecular weight is 442 g/mol. The third-order valence-corrected chi connectivity index (χ3v) is 7.30. The molecule has 3 aromatic rings. The molecular weight excluding hydrogens is 417 g/mol. The van der Waals surface area contributed by atoms with Gasteiger partial charge in [0, 0.05) is 12.4 Å². The lowest BCUT2D eigenvalue weighted by Gasteiger charge is -2.32. The highest BCUT2D eigenvalue weighted by molar-refractivity contribution is 6.35. The molecule has 2 aliphatic heterocycles. The van der Waals surface area contributed by atoms with Crippen LogP contribution in [0.25, 0.3) is 16.6 Å². The minimum atomic E-state index is -0.347. The van der Waals surface area contributed by atoms with Crippen LogP contribution >= 0.6 is 23.2 Å². The summed E-state index contributed by atoms with van der Waals surface area (Å²) in [5, 5.41) is 0.939. The molecule has 30 heavy (non-hydrogen) atoms. The number of fused-ring (bicyclic) bond motifs is 5. The van der Waals surface area contributed by atoms with Gasteiger partial charge in [0.2, 0.25) is 0 Å². The van der Waals surface area contributed by atoms with Crippen LogP contribution < -0.4 is 5.56 Å². The van der Waals surface area contributed by atoms with Crippen molar-refractivity contribution in [3.8, 4) is 5.69 Å². The van der Waals surface area contributed by atoms with Crippen LogP contribution in [0.1, 0.15) is 49.6 Å². The highest BCUT2D eigenvalue weighted by atomic mass is 35.5. The van der Waals surface area contributed by atoms with Crippen molar-refractivity contribution >= 4 is 34.1 Å². The molecule has 5 rings (SSSR count). The summed E-state index contributed by atoms with van der Waals surface area (Å²) in [6.45, 7) is 7.46. The minimum absolute atomic E-state index is 0.255. The third kappa shape index (κ3) is 3.00. The Morgan fingerprint density at radius 3 is 2.67 bits per heavy atom. The normalized spacial score (nSPS) is 18.5. The molecule has 0 spiro atoms. The molecule has 0 aliphatic carbocycles. The molecule has 0 amide bonds. The van der Waals surface area contributed by atoms with Gasteiger partial charge in [-0.2, -0.15) is 4.98 Å². The van der Waals surface area contributed by atoms with E-state index in [0.29, 0.717) is 22.2 Å². The first kappa shape index (κ1) is 20.0. The van der Waals surface area contributed by atoms with Crippen LogP contribution in [0.3, 0.4) is 0 Å². The van der Waals surface area contributed by atoms with Gasteiger partial charge in [0.25, 0.3) is 5.56 Å². The highest BCUT2D eigenvalue weighted by Gasteiger charge is 2.39. The molecule has 1 fully saturated rings. The zero-order valence-corrected chi connectivity index (χ0v) is 18.8. The maximum Gasteiger partial charge on any atom is 0.282 e. The van der Waals surface area contributed by atoms with E-state index in [1.165, 1.54) is 11.1 Å². The summed E-state index contributed by atoms with van der Waals surface area (Å²) >= 11 is 12.3. The molecule has 156 valence electrons. The maximum atomic E-state index is 12.8. The van der Waals surface area contributed by atoms with Crippen molar-refractivity contribution in [1.29, 1.82) is 0 Å². The van der Waals surface area contributed by atoms with E-state index < -0.39 is 0 Å². The molecule has 2 aromatic carbocycles. The second-order valence-electron chi connectivity index (χ2n) is 8.92.